The molecule has 0 atom stereocenters. The minimum Gasteiger partial charge on any atom is -0.392 e. The predicted molar refractivity (Wildman–Crippen MR) is 129 cm³/mol. The largest absolute Gasteiger partial charge is 0.392 e. The monoisotopic (exact) mass is 439 g/mol. The molecule has 0 saturated carbocycles. The number of nitrogens with one attached hydrogen (secondary N) is 1. The van der Waals surface area contributed by atoms with E-state index in [1.54, 1.807) is 0 Å². The van der Waals surface area contributed by atoms with Crippen LogP contribution in [0.5, 0.6) is 0 Å². The van der Waals surface area contributed by atoms with Crippen molar-refractivity contribution >= 4 is 22.6 Å². The van der Waals surface area contributed by atoms with Crippen molar-refractivity contribution in [3.8, 4) is 16.8 Å². The molecule has 5 heteroatoms. The molecule has 0 unspecified atom stereocenters. The van der Waals surface area contributed by atoms with Gasteiger partial charge in [0, 0.05) is 10.7 Å². The number of aliphatic hydroxyl groups excluding tert-OH is 1. The van der Waals surface area contributed by atoms with Gasteiger partial charge < -0.3 is 9.67 Å². The molecule has 0 amide bonds. The van der Waals surface area contributed by atoms with Gasteiger partial charge in [0.05, 0.1) is 24.2 Å². The van der Waals surface area contributed by atoms with E-state index < -0.39 is 0 Å². The maximum Gasteiger partial charge on any atom is 0.208 e. The highest BCUT2D eigenvalue weighted by atomic mass is 35.5. The molecule has 2 N–H and O–H groups in total. The number of hydrogen-bond donors (Lipinski definition) is 2. The second kappa shape index (κ2) is 8.50. The summed E-state index contributed by atoms with van der Waals surface area (Å²) < 4.78 is 3.94. The average Bonchev–Trinajstić information content (AvgIpc) is 3.12. The molecule has 5 rings (SSSR count). The molecule has 32 heavy (non-hydrogen) atoms. The zero-order valence-electron chi connectivity index (χ0n) is 17.4. The topological polar surface area (TPSA) is 53.9 Å². The number of aliphatic hydroxyl groups is 1. The summed E-state index contributed by atoms with van der Waals surface area (Å²) in [4.78, 5) is 0. The molecule has 0 aliphatic rings. The number of halogens is 1. The molecule has 0 saturated heterocycles. The summed E-state index contributed by atoms with van der Waals surface area (Å²) in [6.07, 6.45) is 0. The van der Waals surface area contributed by atoms with Crippen molar-refractivity contribution in [2.45, 2.75) is 13.2 Å². The van der Waals surface area contributed by atoms with Crippen LogP contribution in [0.25, 0.3) is 27.8 Å². The van der Waals surface area contributed by atoms with Gasteiger partial charge in [0.25, 0.3) is 0 Å². The summed E-state index contributed by atoms with van der Waals surface area (Å²) >= 11 is 6.40. The van der Waals surface area contributed by atoms with Gasteiger partial charge in [0.2, 0.25) is 5.62 Å². The minimum atomic E-state index is 0.0227. The van der Waals surface area contributed by atoms with Crippen LogP contribution in [0.15, 0.2) is 97.1 Å². The Labute approximate surface area is 191 Å². The molecule has 0 fully saturated rings. The molecular weight excluding hydrogens is 418 g/mol. The van der Waals surface area contributed by atoms with Crippen LogP contribution in [-0.4, -0.2) is 14.2 Å². The van der Waals surface area contributed by atoms with E-state index in [2.05, 4.69) is 12.1 Å². The maximum atomic E-state index is 9.42. The van der Waals surface area contributed by atoms with Crippen LogP contribution >= 0.6 is 11.6 Å². The summed E-state index contributed by atoms with van der Waals surface area (Å²) in [5.74, 6) is 0. The maximum absolute atomic E-state index is 9.42. The lowest BCUT2D eigenvalue weighted by Crippen LogP contribution is -2.24. The van der Waals surface area contributed by atoms with Gasteiger partial charge in [-0.2, -0.15) is 0 Å². The van der Waals surface area contributed by atoms with E-state index in [1.807, 2.05) is 94.1 Å². The van der Waals surface area contributed by atoms with E-state index in [-0.39, 0.29) is 6.61 Å². The highest BCUT2D eigenvalue weighted by Crippen LogP contribution is 2.25. The Kier molecular flexibility index (Phi) is 5.39. The fourth-order valence-electron chi connectivity index (χ4n) is 4.10. The van der Waals surface area contributed by atoms with E-state index in [4.69, 9.17) is 17.0 Å². The molecule has 158 valence electrons. The Hall–Kier alpha value is -3.60. The molecule has 0 bridgehead atoms. The molecular formula is C27H22ClN3O. The minimum absolute atomic E-state index is 0.0227. The first kappa shape index (κ1) is 20.3. The van der Waals surface area contributed by atoms with Crippen LogP contribution in [0.3, 0.4) is 0 Å². The Morgan fingerprint density at radius 2 is 1.47 bits per heavy atom. The number of hydrogen-bond acceptors (Lipinski definition) is 2. The van der Waals surface area contributed by atoms with Crippen LogP contribution in [0, 0.1) is 5.41 Å². The van der Waals surface area contributed by atoms with Gasteiger partial charge in [-0.1, -0.05) is 72.3 Å². The third kappa shape index (κ3) is 3.64. The number of imidazole rings is 1. The number of aromatic nitrogens is 2. The third-order valence-corrected chi connectivity index (χ3v) is 6.10. The van der Waals surface area contributed by atoms with E-state index in [9.17, 15) is 5.11 Å². The first-order chi connectivity index (χ1) is 15.7. The first-order valence-corrected chi connectivity index (χ1v) is 10.8. The number of fused-ring (bicyclic) bond motifs is 1. The normalized spacial score (nSPS) is 11.2. The lowest BCUT2D eigenvalue weighted by Gasteiger charge is -2.08. The third-order valence-electron chi connectivity index (χ3n) is 5.74. The second-order valence-electron chi connectivity index (χ2n) is 7.73. The van der Waals surface area contributed by atoms with Crippen molar-refractivity contribution in [1.82, 2.24) is 9.13 Å². The number of nitrogens with zero attached hydrogens (tertiary/aromatic N) is 2. The fourth-order valence-corrected chi connectivity index (χ4v) is 4.30. The van der Waals surface area contributed by atoms with Crippen LogP contribution in [0.1, 0.15) is 11.1 Å². The van der Waals surface area contributed by atoms with Crippen LogP contribution < -0.4 is 5.62 Å². The first-order valence-electron chi connectivity index (χ1n) is 10.4. The number of benzene rings is 4. The van der Waals surface area contributed by atoms with Gasteiger partial charge in [-0.25, -0.2) is 0 Å². The van der Waals surface area contributed by atoms with Crippen molar-refractivity contribution in [3.63, 3.8) is 0 Å². The average molecular weight is 440 g/mol. The van der Waals surface area contributed by atoms with Crippen molar-refractivity contribution in [2.75, 3.05) is 0 Å². The summed E-state index contributed by atoms with van der Waals surface area (Å²) in [6.45, 7) is 0.549. The van der Waals surface area contributed by atoms with E-state index >= 15 is 0 Å². The Balaban J connectivity index is 1.59. The van der Waals surface area contributed by atoms with Crippen molar-refractivity contribution < 1.29 is 5.11 Å². The Bertz CT molecular complexity index is 1460. The van der Waals surface area contributed by atoms with E-state index in [0.717, 1.165) is 39.0 Å². The summed E-state index contributed by atoms with van der Waals surface area (Å²) in [6, 6.07) is 31.9. The van der Waals surface area contributed by atoms with Gasteiger partial charge >= 0.3 is 0 Å². The molecule has 0 radical (unpaired) electrons. The van der Waals surface area contributed by atoms with Gasteiger partial charge in [0.15, 0.2) is 0 Å². The molecule has 1 heterocycles. The van der Waals surface area contributed by atoms with Gasteiger partial charge in [-0.05, 0) is 58.7 Å². The zero-order chi connectivity index (χ0) is 22.1. The van der Waals surface area contributed by atoms with Crippen LogP contribution in [0.2, 0.25) is 5.02 Å². The van der Waals surface area contributed by atoms with Gasteiger partial charge in [-0.3, -0.25) is 9.98 Å². The number of rotatable bonds is 5. The molecule has 4 aromatic carbocycles. The van der Waals surface area contributed by atoms with Crippen molar-refractivity contribution in [1.29, 1.82) is 5.41 Å². The summed E-state index contributed by atoms with van der Waals surface area (Å²) in [5.41, 5.74) is 7.26. The summed E-state index contributed by atoms with van der Waals surface area (Å²) in [7, 11) is 0. The molecule has 0 aliphatic carbocycles. The SMILES string of the molecule is N=c1n(Cc2ccccc2Cl)c2ccccc2n1-c1ccc(-c2cccc(CO)c2)cc1. The molecule has 5 aromatic rings. The van der Waals surface area contributed by atoms with Crippen LogP contribution in [-0.2, 0) is 13.2 Å². The van der Waals surface area contributed by atoms with Crippen LogP contribution in [0.4, 0.5) is 0 Å². The van der Waals surface area contributed by atoms with Gasteiger partial charge in [0.1, 0.15) is 0 Å². The Morgan fingerprint density at radius 1 is 0.750 bits per heavy atom. The lowest BCUT2D eigenvalue weighted by molar-refractivity contribution is 0.282. The Morgan fingerprint density at radius 3 is 2.22 bits per heavy atom. The molecule has 0 aliphatic heterocycles. The van der Waals surface area contributed by atoms with Crippen molar-refractivity contribution in [3.05, 3.63) is 119 Å². The lowest BCUT2D eigenvalue weighted by atomic mass is 10.0. The molecule has 1 aromatic heterocycles. The molecule has 4 nitrogen and oxygen atoms in total. The van der Waals surface area contributed by atoms with E-state index in [1.165, 1.54) is 0 Å². The number of para-hydroxylation sites is 2. The highest BCUT2D eigenvalue weighted by molar-refractivity contribution is 6.31. The standard InChI is InChI=1S/C27H22ClN3O/c28-24-9-2-1-7-22(24)17-30-25-10-3-4-11-26(25)31(27(30)29)23-14-12-20(13-15-23)21-8-5-6-19(16-21)18-32/h1-16,29,32H,17-18H2. The fraction of sp³-hybridized carbons (Fsp3) is 0.0741. The van der Waals surface area contributed by atoms with Gasteiger partial charge in [-0.15, -0.1) is 0 Å². The second-order valence-corrected chi connectivity index (χ2v) is 8.14. The summed E-state index contributed by atoms with van der Waals surface area (Å²) in [5, 5.41) is 19.1. The van der Waals surface area contributed by atoms with Crippen molar-refractivity contribution in [2.24, 2.45) is 0 Å². The van der Waals surface area contributed by atoms with E-state index in [0.29, 0.717) is 17.2 Å². The quantitative estimate of drug-likeness (QED) is 0.358. The highest BCUT2D eigenvalue weighted by Gasteiger charge is 2.13. The smallest absolute Gasteiger partial charge is 0.208 e. The zero-order valence-corrected chi connectivity index (χ0v) is 18.1. The predicted octanol–water partition coefficient (Wildman–Crippen LogP) is 5.77. The molecule has 0 spiro atoms.